The number of benzene rings is 1. The summed E-state index contributed by atoms with van der Waals surface area (Å²) in [6.07, 6.45) is 0. The third-order valence-corrected chi connectivity index (χ3v) is 2.12. The highest BCUT2D eigenvalue weighted by Gasteiger charge is 2.10. The van der Waals surface area contributed by atoms with E-state index < -0.39 is 0 Å². The molecular weight excluding hydrogens is 174 g/mol. The fourth-order valence-corrected chi connectivity index (χ4v) is 1.46. The highest BCUT2D eigenvalue weighted by molar-refractivity contribution is 6.34. The molecule has 0 aliphatic heterocycles. The van der Waals surface area contributed by atoms with E-state index in [1.807, 2.05) is 0 Å². The maximum absolute atomic E-state index is 11.1. The Hall–Kier alpha value is -1.02. The maximum atomic E-state index is 11.1. The Kier molecular flexibility index (Phi) is 2.38. The predicted octanol–water partition coefficient (Wildman–Crippen LogP) is 2.43. The zero-order valence-electron chi connectivity index (χ0n) is 7.02. The van der Waals surface area contributed by atoms with Crippen LogP contribution >= 0.6 is 11.6 Å². The summed E-state index contributed by atoms with van der Waals surface area (Å²) in [5.74, 6) is -0.0511. The molecule has 0 spiro atoms. The second kappa shape index (κ2) is 3.15. The minimum absolute atomic E-state index is 0.0511. The lowest BCUT2D eigenvalue weighted by Crippen LogP contribution is -2.01. The van der Waals surface area contributed by atoms with Gasteiger partial charge in [-0.2, -0.15) is 0 Å². The minimum Gasteiger partial charge on any atom is -0.398 e. The average Bonchev–Trinajstić information content (AvgIpc) is 1.97. The third kappa shape index (κ3) is 1.43. The van der Waals surface area contributed by atoms with E-state index in [2.05, 4.69) is 0 Å². The first-order chi connectivity index (χ1) is 5.54. The molecule has 0 atom stereocenters. The van der Waals surface area contributed by atoms with Crippen LogP contribution in [0.4, 0.5) is 5.69 Å². The summed E-state index contributed by atoms with van der Waals surface area (Å²) in [6.45, 7) is 3.27. The normalized spacial score (nSPS) is 9.92. The lowest BCUT2D eigenvalue weighted by molar-refractivity contribution is 0.101. The number of nitrogens with two attached hydrogens (primary N) is 1. The molecule has 0 aromatic heterocycles. The van der Waals surface area contributed by atoms with Crippen molar-refractivity contribution in [1.29, 1.82) is 0 Å². The van der Waals surface area contributed by atoms with E-state index in [0.29, 0.717) is 16.3 Å². The van der Waals surface area contributed by atoms with E-state index in [1.165, 1.54) is 6.92 Å². The fourth-order valence-electron chi connectivity index (χ4n) is 1.13. The second-order valence-corrected chi connectivity index (χ2v) is 3.10. The molecule has 2 nitrogen and oxygen atoms in total. The SMILES string of the molecule is CC(=O)c1c(Cl)ccc(N)c1C. The molecule has 12 heavy (non-hydrogen) atoms. The standard InChI is InChI=1S/C9H10ClNO/c1-5-8(11)4-3-7(10)9(5)6(2)12/h3-4H,11H2,1-2H3. The molecule has 0 amide bonds. The Bertz CT molecular complexity index is 334. The molecular formula is C9H10ClNO. The number of carbonyl (C=O) groups is 1. The highest BCUT2D eigenvalue weighted by Crippen LogP contribution is 2.24. The molecule has 0 fully saturated rings. The quantitative estimate of drug-likeness (QED) is 0.537. The van der Waals surface area contributed by atoms with Crippen LogP contribution in [0.2, 0.25) is 5.02 Å². The van der Waals surface area contributed by atoms with Crippen molar-refractivity contribution in [3.63, 3.8) is 0 Å². The van der Waals surface area contributed by atoms with Crippen LogP contribution in [-0.4, -0.2) is 5.78 Å². The Labute approximate surface area is 76.3 Å². The average molecular weight is 184 g/mol. The number of hydrogen-bond donors (Lipinski definition) is 1. The van der Waals surface area contributed by atoms with Gasteiger partial charge < -0.3 is 5.73 Å². The van der Waals surface area contributed by atoms with E-state index in [1.54, 1.807) is 19.1 Å². The number of ketones is 1. The van der Waals surface area contributed by atoms with Crippen LogP contribution in [0.3, 0.4) is 0 Å². The van der Waals surface area contributed by atoms with Gasteiger partial charge in [-0.05, 0) is 31.5 Å². The Balaban J connectivity index is 3.43. The molecule has 0 bridgehead atoms. The first-order valence-corrected chi connectivity index (χ1v) is 3.97. The molecule has 1 rings (SSSR count). The van der Waals surface area contributed by atoms with Crippen molar-refractivity contribution in [2.24, 2.45) is 0 Å². The summed E-state index contributed by atoms with van der Waals surface area (Å²) in [5.41, 5.74) is 7.50. The first kappa shape index (κ1) is 9.07. The highest BCUT2D eigenvalue weighted by atomic mass is 35.5. The van der Waals surface area contributed by atoms with Gasteiger partial charge >= 0.3 is 0 Å². The lowest BCUT2D eigenvalue weighted by atomic mass is 10.0. The molecule has 0 aliphatic rings. The summed E-state index contributed by atoms with van der Waals surface area (Å²) in [7, 11) is 0. The van der Waals surface area contributed by atoms with Crippen molar-refractivity contribution < 1.29 is 4.79 Å². The second-order valence-electron chi connectivity index (χ2n) is 2.69. The van der Waals surface area contributed by atoms with Crippen molar-refractivity contribution in [2.75, 3.05) is 5.73 Å². The van der Waals surface area contributed by atoms with Gasteiger partial charge in [-0.3, -0.25) is 4.79 Å². The number of carbonyl (C=O) groups excluding carboxylic acids is 1. The van der Waals surface area contributed by atoms with Crippen molar-refractivity contribution in [3.8, 4) is 0 Å². The van der Waals surface area contributed by atoms with Crippen LogP contribution in [0.5, 0.6) is 0 Å². The number of Topliss-reactive ketones (excluding diaryl/α,β-unsaturated/α-hetero) is 1. The van der Waals surface area contributed by atoms with Gasteiger partial charge in [0, 0.05) is 11.3 Å². The summed E-state index contributed by atoms with van der Waals surface area (Å²) in [4.78, 5) is 11.1. The van der Waals surface area contributed by atoms with E-state index in [-0.39, 0.29) is 5.78 Å². The largest absolute Gasteiger partial charge is 0.398 e. The van der Waals surface area contributed by atoms with Gasteiger partial charge in [0.2, 0.25) is 0 Å². The number of anilines is 1. The van der Waals surface area contributed by atoms with Crippen LogP contribution in [-0.2, 0) is 0 Å². The van der Waals surface area contributed by atoms with Crippen molar-refractivity contribution in [1.82, 2.24) is 0 Å². The maximum Gasteiger partial charge on any atom is 0.161 e. The van der Waals surface area contributed by atoms with Gasteiger partial charge in [-0.1, -0.05) is 11.6 Å². The van der Waals surface area contributed by atoms with E-state index in [9.17, 15) is 4.79 Å². The van der Waals surface area contributed by atoms with Gasteiger partial charge in [0.15, 0.2) is 5.78 Å². The number of hydrogen-bond acceptors (Lipinski definition) is 2. The predicted molar refractivity (Wildman–Crippen MR) is 50.6 cm³/mol. The van der Waals surface area contributed by atoms with Crippen LogP contribution < -0.4 is 5.73 Å². The van der Waals surface area contributed by atoms with Gasteiger partial charge in [-0.25, -0.2) is 0 Å². The van der Waals surface area contributed by atoms with Crippen molar-refractivity contribution in [2.45, 2.75) is 13.8 Å². The zero-order valence-corrected chi connectivity index (χ0v) is 7.77. The molecule has 3 heteroatoms. The lowest BCUT2D eigenvalue weighted by Gasteiger charge is -2.06. The number of rotatable bonds is 1. The monoisotopic (exact) mass is 183 g/mol. The van der Waals surface area contributed by atoms with Gasteiger partial charge in [0.05, 0.1) is 5.02 Å². The molecule has 0 saturated heterocycles. The Morgan fingerprint density at radius 3 is 2.50 bits per heavy atom. The topological polar surface area (TPSA) is 43.1 Å². The molecule has 0 heterocycles. The van der Waals surface area contributed by atoms with Crippen LogP contribution in [0.25, 0.3) is 0 Å². The smallest absolute Gasteiger partial charge is 0.161 e. The van der Waals surface area contributed by atoms with E-state index >= 15 is 0 Å². The summed E-state index contributed by atoms with van der Waals surface area (Å²) in [5, 5.41) is 0.467. The molecule has 2 N–H and O–H groups in total. The summed E-state index contributed by atoms with van der Waals surface area (Å²) < 4.78 is 0. The fraction of sp³-hybridized carbons (Fsp3) is 0.222. The van der Waals surface area contributed by atoms with E-state index in [0.717, 1.165) is 5.56 Å². The molecule has 0 unspecified atom stereocenters. The van der Waals surface area contributed by atoms with Gasteiger partial charge in [-0.15, -0.1) is 0 Å². The van der Waals surface area contributed by atoms with Crippen molar-refractivity contribution in [3.05, 3.63) is 28.3 Å². The minimum atomic E-state index is -0.0511. The molecule has 0 radical (unpaired) electrons. The van der Waals surface area contributed by atoms with Gasteiger partial charge in [0.25, 0.3) is 0 Å². The van der Waals surface area contributed by atoms with Crippen LogP contribution in [0.1, 0.15) is 22.8 Å². The molecule has 0 aliphatic carbocycles. The molecule has 0 saturated carbocycles. The van der Waals surface area contributed by atoms with Crippen LogP contribution in [0, 0.1) is 6.92 Å². The summed E-state index contributed by atoms with van der Waals surface area (Å²) >= 11 is 5.82. The zero-order chi connectivity index (χ0) is 9.30. The molecule has 1 aromatic rings. The van der Waals surface area contributed by atoms with E-state index in [4.69, 9.17) is 17.3 Å². The molecule has 64 valence electrons. The van der Waals surface area contributed by atoms with Gasteiger partial charge in [0.1, 0.15) is 0 Å². The third-order valence-electron chi connectivity index (χ3n) is 1.81. The Morgan fingerprint density at radius 2 is 2.08 bits per heavy atom. The van der Waals surface area contributed by atoms with Crippen LogP contribution in [0.15, 0.2) is 12.1 Å². The Morgan fingerprint density at radius 1 is 1.50 bits per heavy atom. The first-order valence-electron chi connectivity index (χ1n) is 3.59. The summed E-state index contributed by atoms with van der Waals surface area (Å²) in [6, 6.07) is 3.34. The molecule has 1 aromatic carbocycles. The van der Waals surface area contributed by atoms with Crippen molar-refractivity contribution >= 4 is 23.1 Å². The number of halogens is 1. The number of nitrogen functional groups attached to an aromatic ring is 1.